The summed E-state index contributed by atoms with van der Waals surface area (Å²) in [5, 5.41) is 0. The highest BCUT2D eigenvalue weighted by Gasteiger charge is 1.96. The number of pyridine rings is 1. The minimum Gasteiger partial charge on any atom is -0.273 e. The molecule has 57 valence electrons. The Balaban J connectivity index is 2.45. The summed E-state index contributed by atoms with van der Waals surface area (Å²) in [5.74, 6) is -0.532. The van der Waals surface area contributed by atoms with Crippen molar-refractivity contribution in [3.63, 3.8) is 0 Å². The molecule has 0 bridgehead atoms. The molecule has 1 rings (SSSR count). The molecule has 0 saturated carbocycles. The van der Waals surface area contributed by atoms with E-state index in [2.05, 4.69) is 4.98 Å². The number of carbonyl (C=O) groups is 1. The van der Waals surface area contributed by atoms with E-state index in [-0.39, 0.29) is 6.42 Å². The maximum Gasteiger partial charge on any atom is 0.238 e. The molecule has 1 N–H and O–H groups in total. The molecular formula is C8H9N2O. The normalized spacial score (nSPS) is 9.45. The smallest absolute Gasteiger partial charge is 0.238 e. The first-order chi connectivity index (χ1) is 5.29. The van der Waals surface area contributed by atoms with Gasteiger partial charge >= 0.3 is 0 Å². The van der Waals surface area contributed by atoms with Crippen LogP contribution in [0.15, 0.2) is 24.4 Å². The van der Waals surface area contributed by atoms with Crippen molar-refractivity contribution in [3.05, 3.63) is 30.1 Å². The highest BCUT2D eigenvalue weighted by atomic mass is 16.1. The number of nitrogens with one attached hydrogen (secondary N) is 1. The van der Waals surface area contributed by atoms with Crippen LogP contribution in [0.1, 0.15) is 12.1 Å². The SMILES string of the molecule is [NH]C(=O)CCc1ccccn1. The average Bonchev–Trinajstić information content (AvgIpc) is 2.03. The molecule has 1 radical (unpaired) electrons. The van der Waals surface area contributed by atoms with E-state index in [0.29, 0.717) is 6.42 Å². The standard InChI is InChI=1S/C8H9N2O/c9-8(11)5-4-7-3-1-2-6-10-7/h1-3,6,9H,4-5H2. The van der Waals surface area contributed by atoms with Crippen LogP contribution in [0, 0.1) is 0 Å². The van der Waals surface area contributed by atoms with Crippen LogP contribution in [0.5, 0.6) is 0 Å². The molecule has 0 unspecified atom stereocenters. The lowest BCUT2D eigenvalue weighted by molar-refractivity contribution is -0.118. The first kappa shape index (κ1) is 7.72. The Morgan fingerprint density at radius 2 is 2.36 bits per heavy atom. The Hall–Kier alpha value is -1.38. The van der Waals surface area contributed by atoms with E-state index in [1.807, 2.05) is 18.2 Å². The monoisotopic (exact) mass is 149 g/mol. The second-order valence-corrected chi connectivity index (χ2v) is 2.24. The van der Waals surface area contributed by atoms with E-state index in [0.717, 1.165) is 5.69 Å². The number of aromatic nitrogens is 1. The van der Waals surface area contributed by atoms with E-state index in [1.165, 1.54) is 0 Å². The van der Waals surface area contributed by atoms with Gasteiger partial charge in [0.1, 0.15) is 0 Å². The zero-order valence-corrected chi connectivity index (χ0v) is 6.08. The summed E-state index contributed by atoms with van der Waals surface area (Å²) < 4.78 is 0. The van der Waals surface area contributed by atoms with Crippen molar-refractivity contribution in [2.24, 2.45) is 0 Å². The van der Waals surface area contributed by atoms with Gasteiger partial charge in [0.2, 0.25) is 5.91 Å². The summed E-state index contributed by atoms with van der Waals surface area (Å²) in [6, 6.07) is 5.55. The van der Waals surface area contributed by atoms with E-state index in [1.54, 1.807) is 6.20 Å². The molecular weight excluding hydrogens is 140 g/mol. The lowest BCUT2D eigenvalue weighted by Crippen LogP contribution is -2.00. The van der Waals surface area contributed by atoms with Gasteiger partial charge in [-0.3, -0.25) is 15.5 Å². The van der Waals surface area contributed by atoms with E-state index >= 15 is 0 Å². The fraction of sp³-hybridized carbons (Fsp3) is 0.250. The molecule has 0 aliphatic carbocycles. The van der Waals surface area contributed by atoms with Crippen LogP contribution < -0.4 is 5.73 Å². The summed E-state index contributed by atoms with van der Waals surface area (Å²) in [6.45, 7) is 0. The molecule has 0 fully saturated rings. The molecule has 1 aromatic rings. The third kappa shape index (κ3) is 2.80. The predicted molar refractivity (Wildman–Crippen MR) is 40.7 cm³/mol. The molecule has 0 aliphatic heterocycles. The molecule has 0 aliphatic rings. The van der Waals surface area contributed by atoms with E-state index in [9.17, 15) is 4.79 Å². The van der Waals surface area contributed by atoms with E-state index < -0.39 is 5.91 Å². The summed E-state index contributed by atoms with van der Waals surface area (Å²) in [6.07, 6.45) is 2.52. The van der Waals surface area contributed by atoms with Gasteiger partial charge in [-0.15, -0.1) is 0 Å². The van der Waals surface area contributed by atoms with Gasteiger partial charge in [-0.1, -0.05) is 6.07 Å². The molecule has 1 amide bonds. The molecule has 3 heteroatoms. The molecule has 11 heavy (non-hydrogen) atoms. The zero-order valence-electron chi connectivity index (χ0n) is 6.08. The molecule has 1 aromatic heterocycles. The van der Waals surface area contributed by atoms with Crippen LogP contribution in [0.3, 0.4) is 0 Å². The van der Waals surface area contributed by atoms with E-state index in [4.69, 9.17) is 5.73 Å². The summed E-state index contributed by atoms with van der Waals surface area (Å²) in [5.41, 5.74) is 7.53. The number of rotatable bonds is 3. The van der Waals surface area contributed by atoms with Crippen molar-refractivity contribution in [2.45, 2.75) is 12.8 Å². The fourth-order valence-electron chi connectivity index (χ4n) is 0.788. The van der Waals surface area contributed by atoms with Gasteiger partial charge in [0.15, 0.2) is 0 Å². The minimum atomic E-state index is -0.532. The van der Waals surface area contributed by atoms with Gasteiger partial charge in [-0.2, -0.15) is 0 Å². The van der Waals surface area contributed by atoms with Crippen molar-refractivity contribution in [2.75, 3.05) is 0 Å². The number of amides is 1. The molecule has 3 nitrogen and oxygen atoms in total. The van der Waals surface area contributed by atoms with Gasteiger partial charge in [0, 0.05) is 18.3 Å². The first-order valence-corrected chi connectivity index (χ1v) is 3.43. The minimum absolute atomic E-state index is 0.261. The third-order valence-electron chi connectivity index (χ3n) is 1.33. The number of hydrogen-bond acceptors (Lipinski definition) is 2. The average molecular weight is 149 g/mol. The first-order valence-electron chi connectivity index (χ1n) is 3.43. The summed E-state index contributed by atoms with van der Waals surface area (Å²) in [7, 11) is 0. The van der Waals surface area contributed by atoms with Crippen molar-refractivity contribution >= 4 is 5.91 Å². The van der Waals surface area contributed by atoms with Crippen LogP contribution in [0.25, 0.3) is 0 Å². The topological polar surface area (TPSA) is 53.8 Å². The Morgan fingerprint density at radius 3 is 2.91 bits per heavy atom. The van der Waals surface area contributed by atoms with Crippen molar-refractivity contribution in [1.82, 2.24) is 10.7 Å². The lowest BCUT2D eigenvalue weighted by atomic mass is 10.2. The highest BCUT2D eigenvalue weighted by molar-refractivity contribution is 5.73. The van der Waals surface area contributed by atoms with Crippen molar-refractivity contribution in [1.29, 1.82) is 0 Å². The second-order valence-electron chi connectivity index (χ2n) is 2.24. The largest absolute Gasteiger partial charge is 0.273 e. The predicted octanol–water partition coefficient (Wildman–Crippen LogP) is 0.824. The molecule has 1 heterocycles. The Morgan fingerprint density at radius 1 is 1.55 bits per heavy atom. The molecule has 0 saturated heterocycles. The van der Waals surface area contributed by atoms with Crippen LogP contribution in [-0.2, 0) is 11.2 Å². The maximum atomic E-state index is 10.3. The number of hydrogen-bond donors (Lipinski definition) is 0. The Bertz CT molecular complexity index is 233. The highest BCUT2D eigenvalue weighted by Crippen LogP contribution is 1.97. The molecule has 0 spiro atoms. The quantitative estimate of drug-likeness (QED) is 0.639. The van der Waals surface area contributed by atoms with Gasteiger partial charge in [0.25, 0.3) is 0 Å². The summed E-state index contributed by atoms with van der Waals surface area (Å²) in [4.78, 5) is 14.3. The van der Waals surface area contributed by atoms with Gasteiger partial charge in [0.05, 0.1) is 0 Å². The lowest BCUT2D eigenvalue weighted by Gasteiger charge is -1.94. The third-order valence-corrected chi connectivity index (χ3v) is 1.33. The van der Waals surface area contributed by atoms with Crippen molar-refractivity contribution < 1.29 is 4.79 Å². The van der Waals surface area contributed by atoms with Crippen molar-refractivity contribution in [3.8, 4) is 0 Å². The number of aryl methyl sites for hydroxylation is 1. The summed E-state index contributed by atoms with van der Waals surface area (Å²) >= 11 is 0. The van der Waals surface area contributed by atoms with Gasteiger partial charge < -0.3 is 0 Å². The Kier molecular flexibility index (Phi) is 2.60. The molecule has 0 atom stereocenters. The van der Waals surface area contributed by atoms with Gasteiger partial charge in [-0.25, -0.2) is 0 Å². The van der Waals surface area contributed by atoms with Crippen LogP contribution in [-0.4, -0.2) is 10.9 Å². The Labute approximate surface area is 65.2 Å². The maximum absolute atomic E-state index is 10.3. The van der Waals surface area contributed by atoms with Crippen LogP contribution >= 0.6 is 0 Å². The number of carbonyl (C=O) groups excluding carboxylic acids is 1. The second kappa shape index (κ2) is 3.71. The zero-order chi connectivity index (χ0) is 8.10. The van der Waals surface area contributed by atoms with Crippen LogP contribution in [0.4, 0.5) is 0 Å². The van der Waals surface area contributed by atoms with Gasteiger partial charge in [-0.05, 0) is 18.6 Å². The van der Waals surface area contributed by atoms with Crippen LogP contribution in [0.2, 0.25) is 0 Å². The fourth-order valence-corrected chi connectivity index (χ4v) is 0.788. The number of nitrogens with zero attached hydrogens (tertiary/aromatic N) is 1. The molecule has 0 aromatic carbocycles.